The first-order valence-corrected chi connectivity index (χ1v) is 12.5. The van der Waals surface area contributed by atoms with Crippen molar-refractivity contribution < 1.29 is 24.2 Å². The van der Waals surface area contributed by atoms with E-state index in [4.69, 9.17) is 9.15 Å². The van der Waals surface area contributed by atoms with Crippen LogP contribution in [0.4, 0.5) is 0 Å². The van der Waals surface area contributed by atoms with Gasteiger partial charge in [0.1, 0.15) is 6.10 Å². The average Bonchev–Trinajstić information content (AvgIpc) is 3.49. The number of likely N-dealkylation sites (N-methyl/N-ethyl adjacent to an activating group) is 1. The van der Waals surface area contributed by atoms with Gasteiger partial charge in [0, 0.05) is 36.8 Å². The molecule has 4 aliphatic rings. The molecule has 184 valence electrons. The Labute approximate surface area is 205 Å². The predicted molar refractivity (Wildman–Crippen MR) is 131 cm³/mol. The Morgan fingerprint density at radius 2 is 2.20 bits per heavy atom. The second-order valence-electron chi connectivity index (χ2n) is 10.4. The minimum Gasteiger partial charge on any atom is -0.504 e. The van der Waals surface area contributed by atoms with Gasteiger partial charge < -0.3 is 24.3 Å². The highest BCUT2D eigenvalue weighted by Crippen LogP contribution is 2.65. The van der Waals surface area contributed by atoms with Gasteiger partial charge in [0.2, 0.25) is 5.91 Å². The molecule has 2 fully saturated rings. The molecule has 1 amide bonds. The zero-order valence-electron chi connectivity index (χ0n) is 20.0. The van der Waals surface area contributed by atoms with E-state index in [1.54, 1.807) is 48.8 Å². The summed E-state index contributed by atoms with van der Waals surface area (Å²) in [6, 6.07) is 5.22. The van der Waals surface area contributed by atoms with Crippen molar-refractivity contribution >= 4 is 12.0 Å². The maximum Gasteiger partial charge on any atom is 0.246 e. The van der Waals surface area contributed by atoms with Gasteiger partial charge in [-0.1, -0.05) is 12.1 Å². The fourth-order valence-electron chi connectivity index (χ4n) is 7.34. The molecule has 2 N–H and O–H groups in total. The molecular formula is C28H32N2O5. The van der Waals surface area contributed by atoms with Gasteiger partial charge in [-0.2, -0.15) is 0 Å². The lowest BCUT2D eigenvalue weighted by Gasteiger charge is -2.64. The molecule has 5 atom stereocenters. The smallest absolute Gasteiger partial charge is 0.246 e. The normalized spacial score (nSPS) is 32.8. The Kier molecular flexibility index (Phi) is 5.13. The highest BCUT2D eigenvalue weighted by Gasteiger charge is 2.73. The Hall–Kier alpha value is -3.03. The number of hydrogen-bond donors (Lipinski definition) is 2. The third kappa shape index (κ3) is 3.01. The van der Waals surface area contributed by atoms with Gasteiger partial charge in [0.05, 0.1) is 29.6 Å². The zero-order chi connectivity index (χ0) is 24.4. The van der Waals surface area contributed by atoms with Crippen LogP contribution in [0.1, 0.15) is 42.4 Å². The van der Waals surface area contributed by atoms with Gasteiger partial charge in [0.25, 0.3) is 0 Å². The van der Waals surface area contributed by atoms with Gasteiger partial charge in [-0.15, -0.1) is 6.58 Å². The Bertz CT molecular complexity index is 1190. The highest BCUT2D eigenvalue weighted by atomic mass is 16.5. The SMILES string of the molecule is C=CCCN1CC[C@]23c4c5ccc(O)c4O[C@H]2[C@H](N(C)C(=O)/C=C/c2ccoc2)CC[C@@]3(O)[C@H]1C5. The minimum absolute atomic E-state index is 0.0340. The number of phenols is 1. The number of ether oxygens (including phenoxy) is 1. The molecule has 1 saturated carbocycles. The van der Waals surface area contributed by atoms with E-state index in [0.717, 1.165) is 42.6 Å². The van der Waals surface area contributed by atoms with E-state index in [0.29, 0.717) is 25.0 Å². The van der Waals surface area contributed by atoms with Crippen LogP contribution < -0.4 is 4.74 Å². The van der Waals surface area contributed by atoms with Crippen LogP contribution in [0.5, 0.6) is 11.5 Å². The molecule has 0 unspecified atom stereocenters. The molecule has 2 bridgehead atoms. The Morgan fingerprint density at radius 1 is 1.34 bits per heavy atom. The molecule has 0 radical (unpaired) electrons. The third-order valence-corrected chi connectivity index (χ3v) is 8.97. The van der Waals surface area contributed by atoms with Gasteiger partial charge in [-0.05, 0) is 62.4 Å². The molecule has 7 heteroatoms. The first-order valence-electron chi connectivity index (χ1n) is 12.5. The van der Waals surface area contributed by atoms with Crippen LogP contribution in [-0.2, 0) is 16.6 Å². The quantitative estimate of drug-likeness (QED) is 0.492. The van der Waals surface area contributed by atoms with Crippen molar-refractivity contribution in [2.24, 2.45) is 0 Å². The number of hydrogen-bond acceptors (Lipinski definition) is 6. The summed E-state index contributed by atoms with van der Waals surface area (Å²) < 4.78 is 11.6. The van der Waals surface area contributed by atoms with E-state index in [1.807, 2.05) is 12.1 Å². The number of carbonyl (C=O) groups is 1. The van der Waals surface area contributed by atoms with Gasteiger partial charge in [-0.3, -0.25) is 9.69 Å². The first kappa shape index (κ1) is 22.4. The van der Waals surface area contributed by atoms with E-state index < -0.39 is 17.1 Å². The molecule has 35 heavy (non-hydrogen) atoms. The monoisotopic (exact) mass is 476 g/mol. The number of benzene rings is 1. The van der Waals surface area contributed by atoms with Crippen LogP contribution in [0.15, 0.2) is 53.9 Å². The standard InChI is InChI=1S/C28H32N2O5/c1-3-4-13-30-14-12-27-24-19-6-7-21(31)25(24)35-26(27)20(9-11-28(27,33)22(30)16-19)29(2)23(32)8-5-18-10-15-34-17-18/h3,5-8,10,15,17,20,22,26,31,33H,1,4,9,11-14,16H2,2H3/b8-5+/t20-,22-,26+,27+,28-/m1/s1. The fourth-order valence-corrected chi connectivity index (χ4v) is 7.34. The molecule has 3 heterocycles. The van der Waals surface area contributed by atoms with Crippen LogP contribution in [0, 0.1) is 0 Å². The summed E-state index contributed by atoms with van der Waals surface area (Å²) in [6.45, 7) is 5.57. The molecular weight excluding hydrogens is 444 g/mol. The largest absolute Gasteiger partial charge is 0.504 e. The molecule has 7 nitrogen and oxygen atoms in total. The van der Waals surface area contributed by atoms with Crippen molar-refractivity contribution in [2.75, 3.05) is 20.1 Å². The molecule has 2 aliphatic heterocycles. The van der Waals surface area contributed by atoms with Crippen molar-refractivity contribution in [3.05, 3.63) is 66.1 Å². The van der Waals surface area contributed by atoms with Crippen molar-refractivity contribution in [3.63, 3.8) is 0 Å². The van der Waals surface area contributed by atoms with E-state index in [2.05, 4.69) is 11.5 Å². The van der Waals surface area contributed by atoms with E-state index in [9.17, 15) is 15.0 Å². The van der Waals surface area contributed by atoms with Crippen LogP contribution >= 0.6 is 0 Å². The topological polar surface area (TPSA) is 86.4 Å². The molecule has 1 aromatic heterocycles. The minimum atomic E-state index is -0.990. The number of rotatable bonds is 6. The Morgan fingerprint density at radius 3 is 2.97 bits per heavy atom. The van der Waals surface area contributed by atoms with Crippen molar-refractivity contribution in [3.8, 4) is 11.5 Å². The zero-order valence-corrected chi connectivity index (χ0v) is 20.0. The lowest BCUT2D eigenvalue weighted by Crippen LogP contribution is -2.78. The van der Waals surface area contributed by atoms with Crippen LogP contribution in [0.2, 0.25) is 0 Å². The van der Waals surface area contributed by atoms with Gasteiger partial charge in [0.15, 0.2) is 11.5 Å². The molecule has 6 rings (SSSR count). The number of furan rings is 1. The number of carbonyl (C=O) groups excluding carboxylic acids is 1. The number of aromatic hydroxyl groups is 1. The summed E-state index contributed by atoms with van der Waals surface area (Å²) in [5.74, 6) is 0.471. The summed E-state index contributed by atoms with van der Waals surface area (Å²) in [7, 11) is 1.81. The first-order chi connectivity index (χ1) is 16.9. The van der Waals surface area contributed by atoms with E-state index in [1.165, 1.54) is 0 Å². The summed E-state index contributed by atoms with van der Waals surface area (Å²) >= 11 is 0. The number of piperidine rings is 1. The van der Waals surface area contributed by atoms with Gasteiger partial charge >= 0.3 is 0 Å². The molecule has 2 aliphatic carbocycles. The van der Waals surface area contributed by atoms with Crippen LogP contribution in [0.3, 0.4) is 0 Å². The maximum absolute atomic E-state index is 13.2. The van der Waals surface area contributed by atoms with Gasteiger partial charge in [-0.25, -0.2) is 0 Å². The predicted octanol–water partition coefficient (Wildman–Crippen LogP) is 3.26. The fraction of sp³-hybridized carbons (Fsp3) is 0.464. The van der Waals surface area contributed by atoms with Crippen LogP contribution in [0.25, 0.3) is 6.08 Å². The number of likely N-dealkylation sites (tertiary alicyclic amines) is 1. The summed E-state index contributed by atoms with van der Waals surface area (Å²) in [6.07, 6.45) is 11.5. The molecule has 2 aromatic rings. The lowest BCUT2D eigenvalue weighted by molar-refractivity contribution is -0.199. The molecule has 1 saturated heterocycles. The number of amides is 1. The number of nitrogens with zero attached hydrogens (tertiary/aromatic N) is 2. The maximum atomic E-state index is 13.2. The third-order valence-electron chi connectivity index (χ3n) is 8.97. The second-order valence-corrected chi connectivity index (χ2v) is 10.4. The van der Waals surface area contributed by atoms with Crippen molar-refractivity contribution in [1.82, 2.24) is 9.80 Å². The molecule has 1 aromatic carbocycles. The molecule has 1 spiro atoms. The number of phenolic OH excluding ortho intramolecular Hbond substituents is 1. The van der Waals surface area contributed by atoms with Crippen LogP contribution in [-0.4, -0.2) is 69.8 Å². The summed E-state index contributed by atoms with van der Waals surface area (Å²) in [4.78, 5) is 17.3. The van der Waals surface area contributed by atoms with Crippen molar-refractivity contribution in [1.29, 1.82) is 0 Å². The summed E-state index contributed by atoms with van der Waals surface area (Å²) in [5.41, 5.74) is 1.27. The lowest BCUT2D eigenvalue weighted by atomic mass is 9.48. The van der Waals surface area contributed by atoms with E-state index >= 15 is 0 Å². The van der Waals surface area contributed by atoms with E-state index in [-0.39, 0.29) is 23.7 Å². The average molecular weight is 477 g/mol. The second kappa shape index (κ2) is 8.00. The Balaban J connectivity index is 1.40. The highest BCUT2D eigenvalue weighted by molar-refractivity contribution is 5.91. The van der Waals surface area contributed by atoms with Crippen molar-refractivity contribution in [2.45, 2.75) is 61.3 Å². The summed E-state index contributed by atoms with van der Waals surface area (Å²) in [5, 5.41) is 23.2. The number of aliphatic hydroxyl groups is 1.